The number of sulfonamides is 1. The topological polar surface area (TPSA) is 75.7 Å². The van der Waals surface area contributed by atoms with Crippen molar-refractivity contribution < 1.29 is 17.9 Å². The number of fused-ring (bicyclic) bond motifs is 1. The molecule has 2 aliphatic heterocycles. The number of carbonyl (C=O) groups excluding carboxylic acids is 1. The highest BCUT2D eigenvalue weighted by Gasteiger charge is 2.42. The minimum absolute atomic E-state index is 0.0169. The first kappa shape index (κ1) is 16.3. The van der Waals surface area contributed by atoms with E-state index in [1.807, 2.05) is 6.92 Å². The Kier molecular flexibility index (Phi) is 4.33. The fourth-order valence-electron chi connectivity index (χ4n) is 3.45. The van der Waals surface area contributed by atoms with Crippen LogP contribution < -0.4 is 10.1 Å². The zero-order valence-corrected chi connectivity index (χ0v) is 14.2. The van der Waals surface area contributed by atoms with Crippen LogP contribution in [-0.2, 0) is 21.2 Å². The number of piperidine rings is 1. The number of rotatable bonds is 4. The predicted molar refractivity (Wildman–Crippen MR) is 85.7 cm³/mol. The summed E-state index contributed by atoms with van der Waals surface area (Å²) in [6, 6.07) is 5.00. The van der Waals surface area contributed by atoms with Crippen molar-refractivity contribution in [1.82, 2.24) is 9.62 Å². The molecule has 1 aromatic rings. The third kappa shape index (κ3) is 2.95. The van der Waals surface area contributed by atoms with Gasteiger partial charge in [-0.1, -0.05) is 6.92 Å². The molecular weight excluding hydrogens is 316 g/mol. The maximum absolute atomic E-state index is 12.9. The van der Waals surface area contributed by atoms with Crippen molar-refractivity contribution in [1.29, 1.82) is 0 Å². The average Bonchev–Trinajstić information content (AvgIpc) is 2.97. The van der Waals surface area contributed by atoms with Gasteiger partial charge in [0, 0.05) is 26.1 Å². The largest absolute Gasteiger partial charge is 0.496 e. The van der Waals surface area contributed by atoms with E-state index in [1.165, 1.54) is 4.31 Å². The zero-order chi connectivity index (χ0) is 16.6. The first-order valence-electron chi connectivity index (χ1n) is 7.89. The lowest BCUT2D eigenvalue weighted by molar-refractivity contribution is -0.124. The number of ether oxygens (including phenoxy) is 1. The van der Waals surface area contributed by atoms with Crippen LogP contribution in [0, 0.1) is 11.8 Å². The van der Waals surface area contributed by atoms with Gasteiger partial charge in [0.05, 0.1) is 12.0 Å². The van der Waals surface area contributed by atoms with E-state index in [-0.39, 0.29) is 17.7 Å². The van der Waals surface area contributed by atoms with Gasteiger partial charge in [0.2, 0.25) is 15.9 Å². The molecule has 0 spiro atoms. The Labute approximate surface area is 136 Å². The summed E-state index contributed by atoms with van der Waals surface area (Å²) in [6.07, 6.45) is 1.12. The van der Waals surface area contributed by atoms with Gasteiger partial charge in [0.15, 0.2) is 0 Å². The van der Waals surface area contributed by atoms with Crippen LogP contribution in [0.5, 0.6) is 5.75 Å². The lowest BCUT2D eigenvalue weighted by Crippen LogP contribution is -2.40. The molecular formula is C16H22N2O4S. The average molecular weight is 338 g/mol. The zero-order valence-electron chi connectivity index (χ0n) is 13.4. The maximum Gasteiger partial charge on any atom is 0.243 e. The molecule has 1 N–H and O–H groups in total. The van der Waals surface area contributed by atoms with Crippen LogP contribution in [0.15, 0.2) is 23.1 Å². The summed E-state index contributed by atoms with van der Waals surface area (Å²) < 4.78 is 32.6. The summed E-state index contributed by atoms with van der Waals surface area (Å²) >= 11 is 0. The minimum atomic E-state index is -3.53. The van der Waals surface area contributed by atoms with Crippen LogP contribution >= 0.6 is 0 Å². The Bertz CT molecular complexity index is 717. The minimum Gasteiger partial charge on any atom is -0.496 e. The molecule has 1 aromatic carbocycles. The molecule has 3 rings (SSSR count). The molecule has 2 atom stereocenters. The van der Waals surface area contributed by atoms with E-state index in [1.54, 1.807) is 25.3 Å². The molecule has 0 radical (unpaired) electrons. The van der Waals surface area contributed by atoms with E-state index in [0.717, 1.165) is 5.56 Å². The summed E-state index contributed by atoms with van der Waals surface area (Å²) in [6.45, 7) is 3.43. The van der Waals surface area contributed by atoms with Crippen LogP contribution in [0.1, 0.15) is 18.9 Å². The van der Waals surface area contributed by atoms with Crippen LogP contribution in [0.25, 0.3) is 0 Å². The Hall–Kier alpha value is -1.60. The van der Waals surface area contributed by atoms with Crippen molar-refractivity contribution >= 4 is 15.9 Å². The third-order valence-corrected chi connectivity index (χ3v) is 6.65. The molecule has 2 saturated heterocycles. The second-order valence-corrected chi connectivity index (χ2v) is 8.12. The lowest BCUT2D eigenvalue weighted by Gasteiger charge is -2.23. The van der Waals surface area contributed by atoms with Crippen LogP contribution in [-0.4, -0.2) is 45.4 Å². The highest BCUT2D eigenvalue weighted by Crippen LogP contribution is 2.33. The summed E-state index contributed by atoms with van der Waals surface area (Å²) in [7, 11) is -1.95. The molecule has 0 bridgehead atoms. The molecule has 2 fully saturated rings. The van der Waals surface area contributed by atoms with Gasteiger partial charge < -0.3 is 10.1 Å². The quantitative estimate of drug-likeness (QED) is 0.889. The Morgan fingerprint density at radius 2 is 2.04 bits per heavy atom. The molecule has 0 aromatic heterocycles. The Balaban J connectivity index is 1.86. The van der Waals surface area contributed by atoms with Crippen LogP contribution in [0.3, 0.4) is 0 Å². The SMILES string of the molecule is CCc1cc(S(=O)(=O)N2CC3CNC(=O)CC3C2)ccc1OC. The molecule has 126 valence electrons. The number of amides is 1. The van der Waals surface area contributed by atoms with Gasteiger partial charge in [0.1, 0.15) is 5.75 Å². The molecule has 6 nitrogen and oxygen atoms in total. The Morgan fingerprint density at radius 3 is 2.74 bits per heavy atom. The Morgan fingerprint density at radius 1 is 1.30 bits per heavy atom. The highest BCUT2D eigenvalue weighted by molar-refractivity contribution is 7.89. The van der Waals surface area contributed by atoms with Gasteiger partial charge in [-0.25, -0.2) is 8.42 Å². The normalized spacial score (nSPS) is 25.0. The molecule has 0 saturated carbocycles. The fourth-order valence-corrected chi connectivity index (χ4v) is 5.06. The smallest absolute Gasteiger partial charge is 0.243 e. The summed E-state index contributed by atoms with van der Waals surface area (Å²) in [5.74, 6) is 1.06. The highest BCUT2D eigenvalue weighted by atomic mass is 32.2. The van der Waals surface area contributed by atoms with E-state index in [9.17, 15) is 13.2 Å². The number of hydrogen-bond donors (Lipinski definition) is 1. The van der Waals surface area contributed by atoms with E-state index in [4.69, 9.17) is 4.74 Å². The number of carbonyl (C=O) groups is 1. The number of nitrogens with zero attached hydrogens (tertiary/aromatic N) is 1. The predicted octanol–water partition coefficient (Wildman–Crippen LogP) is 1.01. The molecule has 7 heteroatoms. The molecule has 1 amide bonds. The van der Waals surface area contributed by atoms with Gasteiger partial charge in [-0.05, 0) is 42.0 Å². The monoisotopic (exact) mass is 338 g/mol. The number of aryl methyl sites for hydroxylation is 1. The van der Waals surface area contributed by atoms with E-state index >= 15 is 0 Å². The molecule has 23 heavy (non-hydrogen) atoms. The fraction of sp³-hybridized carbons (Fsp3) is 0.562. The number of benzene rings is 1. The van der Waals surface area contributed by atoms with Crippen molar-refractivity contribution in [3.05, 3.63) is 23.8 Å². The molecule has 2 heterocycles. The standard InChI is InChI=1S/C16H22N2O4S/c1-3-11-6-14(4-5-15(11)22-2)23(20,21)18-9-12-7-16(19)17-8-13(12)10-18/h4-6,12-13H,3,7-10H2,1-2H3,(H,17,19). The third-order valence-electron chi connectivity index (χ3n) is 4.82. The number of nitrogens with one attached hydrogen (secondary N) is 1. The van der Waals surface area contributed by atoms with Crippen molar-refractivity contribution in [2.75, 3.05) is 26.7 Å². The van der Waals surface area contributed by atoms with Crippen molar-refractivity contribution in [3.63, 3.8) is 0 Å². The lowest BCUT2D eigenvalue weighted by atomic mass is 9.89. The van der Waals surface area contributed by atoms with Crippen molar-refractivity contribution in [2.24, 2.45) is 11.8 Å². The van der Waals surface area contributed by atoms with Gasteiger partial charge >= 0.3 is 0 Å². The van der Waals surface area contributed by atoms with Crippen molar-refractivity contribution in [2.45, 2.75) is 24.7 Å². The van der Waals surface area contributed by atoms with E-state index in [0.29, 0.717) is 43.1 Å². The first-order chi connectivity index (χ1) is 11.0. The summed E-state index contributed by atoms with van der Waals surface area (Å²) in [4.78, 5) is 11.8. The second-order valence-electron chi connectivity index (χ2n) is 6.18. The second kappa shape index (κ2) is 6.13. The van der Waals surface area contributed by atoms with E-state index in [2.05, 4.69) is 5.32 Å². The molecule has 2 unspecified atom stereocenters. The van der Waals surface area contributed by atoms with Gasteiger partial charge in [-0.2, -0.15) is 4.31 Å². The summed E-state index contributed by atoms with van der Waals surface area (Å²) in [5, 5.41) is 2.82. The molecule has 2 aliphatic rings. The van der Waals surface area contributed by atoms with E-state index < -0.39 is 10.0 Å². The van der Waals surface area contributed by atoms with Gasteiger partial charge in [-0.3, -0.25) is 4.79 Å². The number of hydrogen-bond acceptors (Lipinski definition) is 4. The van der Waals surface area contributed by atoms with Gasteiger partial charge in [0.25, 0.3) is 0 Å². The maximum atomic E-state index is 12.9. The number of methoxy groups -OCH3 is 1. The molecule has 0 aliphatic carbocycles. The van der Waals surface area contributed by atoms with Crippen LogP contribution in [0.2, 0.25) is 0 Å². The van der Waals surface area contributed by atoms with Crippen molar-refractivity contribution in [3.8, 4) is 5.75 Å². The first-order valence-corrected chi connectivity index (χ1v) is 9.33. The van der Waals surface area contributed by atoms with Gasteiger partial charge in [-0.15, -0.1) is 0 Å². The summed E-state index contributed by atoms with van der Waals surface area (Å²) in [5.41, 5.74) is 0.877. The van der Waals surface area contributed by atoms with Crippen LogP contribution in [0.4, 0.5) is 0 Å².